The number of sulfone groups is 1. The molecule has 0 aromatic heterocycles. The number of allylic oxidation sites excluding steroid dienone is 1. The number of nitrogens with one attached hydrogen (secondary N) is 3. The van der Waals surface area contributed by atoms with Gasteiger partial charge in [-0.25, -0.2) is 13.9 Å². The molecule has 0 spiro atoms. The Kier molecular flexibility index (Phi) is 8.03. The van der Waals surface area contributed by atoms with Gasteiger partial charge in [-0.05, 0) is 31.4 Å². The third-order valence-electron chi connectivity index (χ3n) is 4.30. The van der Waals surface area contributed by atoms with Gasteiger partial charge in [0.1, 0.15) is 21.2 Å². The van der Waals surface area contributed by atoms with Crippen LogP contribution < -0.4 is 16.0 Å². The molecular formula is C19H28N5O4S+. The van der Waals surface area contributed by atoms with Crippen molar-refractivity contribution in [2.24, 2.45) is 5.11 Å². The quantitative estimate of drug-likeness (QED) is 0.244. The molecule has 158 valence electrons. The minimum Gasteiger partial charge on any atom is -0.348 e. The minimum absolute atomic E-state index is 0.0967. The average molecular weight is 423 g/mol. The summed E-state index contributed by atoms with van der Waals surface area (Å²) in [5.41, 5.74) is 9.59. The highest BCUT2D eigenvalue weighted by Crippen LogP contribution is 2.20. The lowest BCUT2D eigenvalue weighted by molar-refractivity contribution is -0.521. The highest BCUT2D eigenvalue weighted by Gasteiger charge is 2.27. The number of hydrogen-bond donors (Lipinski definition) is 4. The lowest BCUT2D eigenvalue weighted by Crippen LogP contribution is -2.76. The van der Waals surface area contributed by atoms with E-state index in [1.165, 1.54) is 0 Å². The lowest BCUT2D eigenvalue weighted by atomic mass is 10.2. The summed E-state index contributed by atoms with van der Waals surface area (Å²) in [6, 6.07) is 7.16. The minimum atomic E-state index is -3.19. The maximum atomic E-state index is 12.3. The number of benzene rings is 1. The van der Waals surface area contributed by atoms with Crippen LogP contribution in [0.25, 0.3) is 0 Å². The molecule has 1 saturated carbocycles. The Labute approximate surface area is 170 Å². The van der Waals surface area contributed by atoms with Crippen molar-refractivity contribution in [3.05, 3.63) is 35.7 Å². The Morgan fingerprint density at radius 2 is 1.86 bits per heavy atom. The van der Waals surface area contributed by atoms with Crippen molar-refractivity contribution in [2.75, 3.05) is 17.3 Å². The summed E-state index contributed by atoms with van der Waals surface area (Å²) in [6.45, 7) is 1.99. The average Bonchev–Trinajstić information content (AvgIpc) is 3.46. The predicted octanol–water partition coefficient (Wildman–Crippen LogP) is 1.58. The van der Waals surface area contributed by atoms with Crippen LogP contribution in [-0.4, -0.2) is 38.3 Å². The highest BCUT2D eigenvalue weighted by atomic mass is 32.2. The molecule has 0 heterocycles. The number of rotatable bonds is 11. The molecule has 0 radical (unpaired) electrons. The zero-order chi connectivity index (χ0) is 21.4. The molecule has 0 bridgehead atoms. The summed E-state index contributed by atoms with van der Waals surface area (Å²) in [5, 5.41) is 10.8. The SMILES string of the molecule is CCC/C([NH2+]c1ccc(NC(=O)CCS(C)(=O)=O)cc1)=C(/N=N)C(=O)NC1CC1. The second-order valence-corrected chi connectivity index (χ2v) is 9.44. The molecule has 10 heteroatoms. The molecule has 0 unspecified atom stereocenters. The van der Waals surface area contributed by atoms with Gasteiger partial charge in [0.2, 0.25) is 11.6 Å². The van der Waals surface area contributed by atoms with Gasteiger partial charge in [-0.15, -0.1) is 5.11 Å². The van der Waals surface area contributed by atoms with Gasteiger partial charge in [-0.2, -0.15) is 0 Å². The van der Waals surface area contributed by atoms with Gasteiger partial charge in [0.05, 0.1) is 5.75 Å². The Balaban J connectivity index is 2.04. The van der Waals surface area contributed by atoms with E-state index in [0.29, 0.717) is 17.8 Å². The second kappa shape index (κ2) is 10.3. The van der Waals surface area contributed by atoms with E-state index < -0.39 is 9.84 Å². The summed E-state index contributed by atoms with van der Waals surface area (Å²) in [7, 11) is -3.19. The van der Waals surface area contributed by atoms with E-state index in [4.69, 9.17) is 5.53 Å². The molecule has 1 aromatic rings. The third kappa shape index (κ3) is 8.12. The van der Waals surface area contributed by atoms with E-state index in [2.05, 4.69) is 15.7 Å². The number of carbonyl (C=O) groups excluding carboxylic acids is 2. The smallest absolute Gasteiger partial charge is 0.277 e. The monoisotopic (exact) mass is 422 g/mol. The number of nitrogens with zero attached hydrogens (tertiary/aromatic N) is 1. The summed E-state index contributed by atoms with van der Waals surface area (Å²) in [4.78, 5) is 24.2. The van der Waals surface area contributed by atoms with Crippen molar-refractivity contribution >= 4 is 33.0 Å². The molecule has 9 nitrogen and oxygen atoms in total. The molecule has 29 heavy (non-hydrogen) atoms. The Hall–Kier alpha value is -2.59. The van der Waals surface area contributed by atoms with Crippen molar-refractivity contribution in [1.29, 1.82) is 5.53 Å². The van der Waals surface area contributed by atoms with Gasteiger partial charge in [-0.3, -0.25) is 14.9 Å². The largest absolute Gasteiger partial charge is 0.348 e. The standard InChI is InChI=1S/C19H27N5O4S/c1-3-4-16(18(24-20)19(26)23-15-9-10-15)21-13-5-7-14(8-6-13)22-17(25)11-12-29(2,27)28/h5-8,15,20-21H,3-4,9-12H2,1-2H3,(H,22,25)(H,23,26)/p+1/b18-16-,24-20?. The van der Waals surface area contributed by atoms with Crippen molar-refractivity contribution in [1.82, 2.24) is 5.32 Å². The molecule has 2 rings (SSSR count). The molecule has 2 amide bonds. The number of nitrogens with two attached hydrogens (primary N) is 1. The first-order valence-electron chi connectivity index (χ1n) is 9.55. The van der Waals surface area contributed by atoms with Crippen LogP contribution >= 0.6 is 0 Å². The zero-order valence-corrected chi connectivity index (χ0v) is 17.5. The first-order chi connectivity index (χ1) is 13.7. The summed E-state index contributed by atoms with van der Waals surface area (Å²) in [6.07, 6.45) is 4.33. The Morgan fingerprint density at radius 3 is 2.38 bits per heavy atom. The fraction of sp³-hybridized carbons (Fsp3) is 0.474. The van der Waals surface area contributed by atoms with E-state index in [1.807, 2.05) is 12.2 Å². The summed E-state index contributed by atoms with van der Waals surface area (Å²) < 4.78 is 22.3. The number of carbonyl (C=O) groups is 2. The van der Waals surface area contributed by atoms with Crippen molar-refractivity contribution < 1.29 is 23.3 Å². The lowest BCUT2D eigenvalue weighted by Gasteiger charge is -2.10. The van der Waals surface area contributed by atoms with Crippen LogP contribution in [0.15, 0.2) is 40.8 Å². The van der Waals surface area contributed by atoms with Gasteiger partial charge in [0.15, 0.2) is 0 Å². The van der Waals surface area contributed by atoms with Crippen LogP contribution in [-0.2, 0) is 19.4 Å². The second-order valence-electron chi connectivity index (χ2n) is 7.18. The van der Waals surface area contributed by atoms with Crippen molar-refractivity contribution in [3.63, 3.8) is 0 Å². The van der Waals surface area contributed by atoms with E-state index >= 15 is 0 Å². The Bertz CT molecular complexity index is 890. The van der Waals surface area contributed by atoms with Gasteiger partial charge in [0, 0.05) is 43.0 Å². The van der Waals surface area contributed by atoms with Crippen LogP contribution in [0.2, 0.25) is 0 Å². The van der Waals surface area contributed by atoms with Crippen LogP contribution in [0.4, 0.5) is 11.4 Å². The summed E-state index contributed by atoms with van der Waals surface area (Å²) >= 11 is 0. The van der Waals surface area contributed by atoms with E-state index in [1.54, 1.807) is 24.3 Å². The van der Waals surface area contributed by atoms with Crippen LogP contribution in [0, 0.1) is 5.53 Å². The maximum Gasteiger partial charge on any atom is 0.277 e. The first kappa shape index (κ1) is 22.7. The fourth-order valence-electron chi connectivity index (χ4n) is 2.64. The molecular weight excluding hydrogens is 394 g/mol. The predicted molar refractivity (Wildman–Crippen MR) is 109 cm³/mol. The molecule has 1 aromatic carbocycles. The van der Waals surface area contributed by atoms with Crippen molar-refractivity contribution in [3.8, 4) is 0 Å². The first-order valence-corrected chi connectivity index (χ1v) is 11.6. The van der Waals surface area contributed by atoms with Crippen LogP contribution in [0.3, 0.4) is 0 Å². The Morgan fingerprint density at radius 1 is 1.21 bits per heavy atom. The molecule has 0 aliphatic heterocycles. The van der Waals surface area contributed by atoms with Gasteiger partial charge in [0.25, 0.3) is 5.91 Å². The number of hydrogen-bond acceptors (Lipinski definition) is 6. The topological polar surface area (TPSA) is 145 Å². The van der Waals surface area contributed by atoms with Gasteiger partial charge < -0.3 is 10.6 Å². The normalized spacial score (nSPS) is 14.7. The van der Waals surface area contributed by atoms with Gasteiger partial charge >= 0.3 is 0 Å². The van der Waals surface area contributed by atoms with Crippen LogP contribution in [0.1, 0.15) is 39.0 Å². The molecule has 1 fully saturated rings. The highest BCUT2D eigenvalue weighted by molar-refractivity contribution is 7.90. The number of anilines is 1. The van der Waals surface area contributed by atoms with E-state index in [-0.39, 0.29) is 35.7 Å². The molecule has 1 aliphatic carbocycles. The molecule has 0 atom stereocenters. The number of amides is 2. The fourth-order valence-corrected chi connectivity index (χ4v) is 3.20. The molecule has 5 N–H and O–H groups in total. The third-order valence-corrected chi connectivity index (χ3v) is 5.24. The van der Waals surface area contributed by atoms with Crippen molar-refractivity contribution in [2.45, 2.75) is 45.1 Å². The van der Waals surface area contributed by atoms with Gasteiger partial charge in [-0.1, -0.05) is 6.92 Å². The summed E-state index contributed by atoms with van der Waals surface area (Å²) in [5.74, 6) is -0.888. The zero-order valence-electron chi connectivity index (χ0n) is 16.7. The van der Waals surface area contributed by atoms with Crippen LogP contribution in [0.5, 0.6) is 0 Å². The number of quaternary nitrogens is 1. The molecule has 1 aliphatic rings. The molecule has 0 saturated heterocycles. The maximum absolute atomic E-state index is 12.3. The van der Waals surface area contributed by atoms with E-state index in [0.717, 1.165) is 31.2 Å². The van der Waals surface area contributed by atoms with E-state index in [9.17, 15) is 18.0 Å².